The molecule has 0 aromatic heterocycles. The van der Waals surface area contributed by atoms with Gasteiger partial charge in [0, 0.05) is 6.04 Å². The first kappa shape index (κ1) is 12.0. The number of hydrogen-bond donors (Lipinski definition) is 1. The Morgan fingerprint density at radius 2 is 1.71 bits per heavy atom. The van der Waals surface area contributed by atoms with Gasteiger partial charge in [-0.3, -0.25) is 0 Å². The molecule has 0 radical (unpaired) electrons. The zero-order valence-electron chi connectivity index (χ0n) is 10.3. The van der Waals surface area contributed by atoms with Crippen molar-refractivity contribution in [3.05, 3.63) is 0 Å². The van der Waals surface area contributed by atoms with E-state index in [1.165, 1.54) is 32.2 Å². The lowest BCUT2D eigenvalue weighted by molar-refractivity contribution is 0.241. The van der Waals surface area contributed by atoms with Gasteiger partial charge in [0.15, 0.2) is 0 Å². The van der Waals surface area contributed by atoms with Crippen molar-refractivity contribution >= 4 is 0 Å². The predicted molar refractivity (Wildman–Crippen MR) is 63.4 cm³/mol. The zero-order valence-corrected chi connectivity index (χ0v) is 10.3. The average molecular weight is 197 g/mol. The van der Waals surface area contributed by atoms with Crippen LogP contribution in [0.4, 0.5) is 0 Å². The van der Waals surface area contributed by atoms with E-state index in [1.807, 2.05) is 0 Å². The predicted octanol–water partition coefficient (Wildman–Crippen LogP) is 3.45. The van der Waals surface area contributed by atoms with Crippen LogP contribution >= 0.6 is 0 Å². The molecule has 0 bridgehead atoms. The Balaban J connectivity index is 2.21. The molecule has 2 atom stereocenters. The molecule has 2 unspecified atom stereocenters. The van der Waals surface area contributed by atoms with E-state index in [0.717, 1.165) is 23.8 Å². The van der Waals surface area contributed by atoms with E-state index in [4.69, 9.17) is 0 Å². The van der Waals surface area contributed by atoms with Gasteiger partial charge in [0.25, 0.3) is 0 Å². The standard InChI is InChI=1S/C13H27N/c1-5-12(6-2)11(4)10(3)9-14-13-7-8-13/h10-14H,5-9H2,1-4H3. The van der Waals surface area contributed by atoms with E-state index in [-0.39, 0.29) is 0 Å². The maximum atomic E-state index is 3.64. The van der Waals surface area contributed by atoms with Crippen molar-refractivity contribution < 1.29 is 0 Å². The molecular formula is C13H27N. The van der Waals surface area contributed by atoms with Crippen LogP contribution in [0.2, 0.25) is 0 Å². The van der Waals surface area contributed by atoms with Gasteiger partial charge < -0.3 is 5.32 Å². The first-order valence-corrected chi connectivity index (χ1v) is 6.42. The fourth-order valence-corrected chi connectivity index (χ4v) is 2.32. The van der Waals surface area contributed by atoms with Gasteiger partial charge in [0.1, 0.15) is 0 Å². The molecule has 0 aromatic carbocycles. The number of nitrogens with one attached hydrogen (secondary N) is 1. The molecule has 84 valence electrons. The fraction of sp³-hybridized carbons (Fsp3) is 1.00. The summed E-state index contributed by atoms with van der Waals surface area (Å²) in [5.41, 5.74) is 0. The molecule has 14 heavy (non-hydrogen) atoms. The third kappa shape index (κ3) is 3.61. The van der Waals surface area contributed by atoms with E-state index in [9.17, 15) is 0 Å². The van der Waals surface area contributed by atoms with Crippen molar-refractivity contribution in [2.75, 3.05) is 6.54 Å². The minimum absolute atomic E-state index is 0.834. The summed E-state index contributed by atoms with van der Waals surface area (Å²) in [5, 5.41) is 3.64. The highest BCUT2D eigenvalue weighted by atomic mass is 14.9. The minimum atomic E-state index is 0.834. The van der Waals surface area contributed by atoms with Crippen molar-refractivity contribution in [2.24, 2.45) is 17.8 Å². The summed E-state index contributed by atoms with van der Waals surface area (Å²) >= 11 is 0. The molecule has 0 saturated heterocycles. The highest BCUT2D eigenvalue weighted by molar-refractivity contribution is 4.82. The average Bonchev–Trinajstić information content (AvgIpc) is 2.99. The highest BCUT2D eigenvalue weighted by Crippen LogP contribution is 2.27. The Bertz CT molecular complexity index is 147. The Kier molecular flexibility index (Phi) is 4.94. The second-order valence-corrected chi connectivity index (χ2v) is 5.10. The molecule has 0 amide bonds. The molecule has 1 nitrogen and oxygen atoms in total. The van der Waals surface area contributed by atoms with Gasteiger partial charge in [-0.15, -0.1) is 0 Å². The molecule has 1 heteroatoms. The SMILES string of the molecule is CCC(CC)C(C)C(C)CNC1CC1. The third-order valence-electron chi connectivity index (χ3n) is 4.00. The van der Waals surface area contributed by atoms with Gasteiger partial charge in [-0.1, -0.05) is 40.5 Å². The highest BCUT2D eigenvalue weighted by Gasteiger charge is 2.24. The van der Waals surface area contributed by atoms with Crippen molar-refractivity contribution in [1.29, 1.82) is 0 Å². The molecule has 1 aliphatic carbocycles. The maximum absolute atomic E-state index is 3.64. The van der Waals surface area contributed by atoms with Crippen LogP contribution < -0.4 is 5.32 Å². The van der Waals surface area contributed by atoms with Crippen LogP contribution in [0, 0.1) is 17.8 Å². The van der Waals surface area contributed by atoms with E-state index < -0.39 is 0 Å². The van der Waals surface area contributed by atoms with Gasteiger partial charge in [-0.25, -0.2) is 0 Å². The van der Waals surface area contributed by atoms with Gasteiger partial charge in [0.05, 0.1) is 0 Å². The number of hydrogen-bond acceptors (Lipinski definition) is 1. The Labute approximate surface area is 89.7 Å². The summed E-state index contributed by atoms with van der Waals surface area (Å²) < 4.78 is 0. The lowest BCUT2D eigenvalue weighted by Gasteiger charge is -2.27. The summed E-state index contributed by atoms with van der Waals surface area (Å²) in [7, 11) is 0. The maximum Gasteiger partial charge on any atom is 0.00683 e. The van der Waals surface area contributed by atoms with Crippen LogP contribution in [-0.4, -0.2) is 12.6 Å². The monoisotopic (exact) mass is 197 g/mol. The molecule has 1 saturated carbocycles. The molecule has 1 fully saturated rings. The van der Waals surface area contributed by atoms with Gasteiger partial charge in [0.2, 0.25) is 0 Å². The molecule has 0 spiro atoms. The van der Waals surface area contributed by atoms with Gasteiger partial charge in [-0.2, -0.15) is 0 Å². The van der Waals surface area contributed by atoms with Crippen molar-refractivity contribution in [3.8, 4) is 0 Å². The van der Waals surface area contributed by atoms with Crippen LogP contribution in [-0.2, 0) is 0 Å². The van der Waals surface area contributed by atoms with Crippen molar-refractivity contribution in [3.63, 3.8) is 0 Å². The molecule has 1 aliphatic rings. The topological polar surface area (TPSA) is 12.0 Å². The largest absolute Gasteiger partial charge is 0.314 e. The van der Waals surface area contributed by atoms with E-state index in [1.54, 1.807) is 0 Å². The normalized spacial score (nSPS) is 21.2. The lowest BCUT2D eigenvalue weighted by atomic mass is 9.81. The van der Waals surface area contributed by atoms with Gasteiger partial charge in [-0.05, 0) is 37.1 Å². The molecule has 0 aromatic rings. The van der Waals surface area contributed by atoms with E-state index in [2.05, 4.69) is 33.0 Å². The summed E-state index contributed by atoms with van der Waals surface area (Å²) in [6.45, 7) is 10.7. The van der Waals surface area contributed by atoms with Crippen LogP contribution in [0.3, 0.4) is 0 Å². The van der Waals surface area contributed by atoms with Crippen molar-refractivity contribution in [1.82, 2.24) is 5.32 Å². The van der Waals surface area contributed by atoms with Crippen LogP contribution in [0.1, 0.15) is 53.4 Å². The summed E-state index contributed by atoms with van der Waals surface area (Å²) in [6.07, 6.45) is 5.50. The van der Waals surface area contributed by atoms with Crippen molar-refractivity contribution in [2.45, 2.75) is 59.4 Å². The second-order valence-electron chi connectivity index (χ2n) is 5.10. The zero-order chi connectivity index (χ0) is 10.6. The first-order valence-electron chi connectivity index (χ1n) is 6.42. The summed E-state index contributed by atoms with van der Waals surface area (Å²) in [4.78, 5) is 0. The molecular weight excluding hydrogens is 170 g/mol. The minimum Gasteiger partial charge on any atom is -0.314 e. The first-order chi connectivity index (χ1) is 6.69. The van der Waals surface area contributed by atoms with E-state index in [0.29, 0.717) is 0 Å². The smallest absolute Gasteiger partial charge is 0.00683 e. The molecule has 1 rings (SSSR count). The Morgan fingerprint density at radius 1 is 1.14 bits per heavy atom. The Hall–Kier alpha value is -0.0400. The third-order valence-corrected chi connectivity index (χ3v) is 4.00. The quantitative estimate of drug-likeness (QED) is 0.659. The summed E-state index contributed by atoms with van der Waals surface area (Å²) in [6, 6.07) is 0.867. The Morgan fingerprint density at radius 3 is 2.14 bits per heavy atom. The fourth-order valence-electron chi connectivity index (χ4n) is 2.32. The molecule has 0 aliphatic heterocycles. The van der Waals surface area contributed by atoms with Crippen LogP contribution in [0.15, 0.2) is 0 Å². The molecule has 1 N–H and O–H groups in total. The van der Waals surface area contributed by atoms with Gasteiger partial charge >= 0.3 is 0 Å². The summed E-state index contributed by atoms with van der Waals surface area (Å²) in [5.74, 6) is 2.63. The number of rotatable bonds is 7. The lowest BCUT2D eigenvalue weighted by Crippen LogP contribution is -2.29. The molecule has 0 heterocycles. The van der Waals surface area contributed by atoms with E-state index >= 15 is 0 Å². The second kappa shape index (κ2) is 5.75. The van der Waals surface area contributed by atoms with Crippen LogP contribution in [0.5, 0.6) is 0 Å². The van der Waals surface area contributed by atoms with Crippen LogP contribution in [0.25, 0.3) is 0 Å².